The van der Waals surface area contributed by atoms with E-state index in [0.29, 0.717) is 31.6 Å². The zero-order chi connectivity index (χ0) is 63.2. The van der Waals surface area contributed by atoms with Gasteiger partial charge >= 0.3 is 39.5 Å². The monoisotopic (exact) mass is 1250 g/mol. The molecule has 0 rings (SSSR count). The van der Waals surface area contributed by atoms with E-state index in [9.17, 15) is 43.2 Å². The second kappa shape index (κ2) is 56.1. The van der Waals surface area contributed by atoms with Crippen LogP contribution >= 0.6 is 15.6 Å². The SMILES string of the molecule is CCC(C)CCCCCCCCCCC(=O)O[C@H](COC(=O)CCCCCCCCCC(C)C)COP(=O)(O)OCC(O)COP(=O)(O)OC[C@@H](COC(=O)CCCCCCCCCCC(C)C)OC(=O)CCCCCCCCCCCC(C)C. The Hall–Kier alpha value is -1.94. The van der Waals surface area contributed by atoms with Gasteiger partial charge in [0.25, 0.3) is 0 Å². The molecule has 3 N–H and O–H groups in total. The van der Waals surface area contributed by atoms with Gasteiger partial charge in [0, 0.05) is 25.7 Å². The van der Waals surface area contributed by atoms with Crippen LogP contribution in [-0.4, -0.2) is 96.7 Å². The van der Waals surface area contributed by atoms with E-state index in [0.717, 1.165) is 114 Å². The molecule has 6 atom stereocenters. The standard InChI is InChI=1S/C66H128O17P2/c1-9-59(8)45-37-29-21-14-16-24-33-41-49-66(71)83-62(53-77-64(69)47-39-31-25-17-20-28-36-44-58(6)7)55-81-85(74,75)79-51-60(67)50-78-84(72,73)80-54-61(52-76-63(68)46-38-30-22-15-13-19-27-35-43-57(4)5)82-65(70)48-40-32-23-12-10-11-18-26-34-42-56(2)3/h56-62,67H,9-55H2,1-8H3,(H,72,73)(H,74,75)/t59?,60?,61-,62-/m1/s1. The summed E-state index contributed by atoms with van der Waals surface area (Å²) in [5, 5.41) is 10.6. The number of hydrogen-bond donors (Lipinski definition) is 3. The van der Waals surface area contributed by atoms with Crippen molar-refractivity contribution in [1.82, 2.24) is 0 Å². The molecule has 85 heavy (non-hydrogen) atoms. The van der Waals surface area contributed by atoms with Crippen molar-refractivity contribution >= 4 is 39.5 Å². The molecule has 17 nitrogen and oxygen atoms in total. The summed E-state index contributed by atoms with van der Waals surface area (Å²) < 4.78 is 68.1. The number of carbonyl (C=O) groups excluding carboxylic acids is 4. The molecule has 4 unspecified atom stereocenters. The van der Waals surface area contributed by atoms with Crippen LogP contribution in [0.25, 0.3) is 0 Å². The Morgan fingerprint density at radius 1 is 0.329 bits per heavy atom. The minimum absolute atomic E-state index is 0.103. The van der Waals surface area contributed by atoms with Gasteiger partial charge in [0.15, 0.2) is 12.2 Å². The second-order valence-electron chi connectivity index (χ2n) is 25.5. The van der Waals surface area contributed by atoms with Crippen molar-refractivity contribution in [2.45, 2.75) is 337 Å². The maximum atomic E-state index is 13.0. The van der Waals surface area contributed by atoms with E-state index in [1.807, 2.05) is 0 Å². The van der Waals surface area contributed by atoms with Crippen LogP contribution in [0.1, 0.15) is 319 Å². The van der Waals surface area contributed by atoms with E-state index < -0.39 is 97.5 Å². The van der Waals surface area contributed by atoms with Crippen LogP contribution in [0.5, 0.6) is 0 Å². The summed E-state index contributed by atoms with van der Waals surface area (Å²) in [6, 6.07) is 0. The first-order valence-electron chi connectivity index (χ1n) is 34.2. The van der Waals surface area contributed by atoms with Gasteiger partial charge in [-0.05, 0) is 49.4 Å². The molecule has 0 saturated carbocycles. The molecule has 0 bridgehead atoms. The fraction of sp³-hybridized carbons (Fsp3) is 0.939. The summed E-state index contributed by atoms with van der Waals surface area (Å²) in [7, 11) is -9.89. The number of aliphatic hydroxyl groups excluding tert-OH is 1. The van der Waals surface area contributed by atoms with Crippen LogP contribution in [0.2, 0.25) is 0 Å². The topological polar surface area (TPSA) is 237 Å². The molecule has 0 aromatic heterocycles. The fourth-order valence-corrected chi connectivity index (χ4v) is 11.3. The van der Waals surface area contributed by atoms with Crippen LogP contribution in [0.4, 0.5) is 0 Å². The highest BCUT2D eigenvalue weighted by Crippen LogP contribution is 2.45. The van der Waals surface area contributed by atoms with Gasteiger partial charge < -0.3 is 33.8 Å². The number of phosphoric acid groups is 2. The average molecular weight is 1260 g/mol. The average Bonchev–Trinajstić information content (AvgIpc) is 3.56. The van der Waals surface area contributed by atoms with Crippen molar-refractivity contribution in [3.05, 3.63) is 0 Å². The summed E-state index contributed by atoms with van der Waals surface area (Å²) in [5.41, 5.74) is 0. The van der Waals surface area contributed by atoms with Crippen LogP contribution < -0.4 is 0 Å². The van der Waals surface area contributed by atoms with Crippen LogP contribution in [-0.2, 0) is 65.4 Å². The van der Waals surface area contributed by atoms with Crippen LogP contribution in [0.3, 0.4) is 0 Å². The fourth-order valence-electron chi connectivity index (χ4n) is 9.75. The summed E-state index contributed by atoms with van der Waals surface area (Å²) in [6.45, 7) is 14.0. The molecule has 0 radical (unpaired) electrons. The normalized spacial score (nSPS) is 14.7. The zero-order valence-corrected chi connectivity index (χ0v) is 57.0. The minimum Gasteiger partial charge on any atom is -0.462 e. The van der Waals surface area contributed by atoms with Crippen LogP contribution in [0, 0.1) is 23.7 Å². The number of unbranched alkanes of at least 4 members (excludes halogenated alkanes) is 28. The lowest BCUT2D eigenvalue weighted by Gasteiger charge is -2.21. The van der Waals surface area contributed by atoms with Gasteiger partial charge in [0.2, 0.25) is 0 Å². The number of carbonyl (C=O) groups is 4. The molecule has 0 heterocycles. The van der Waals surface area contributed by atoms with E-state index >= 15 is 0 Å². The molecule has 0 aliphatic heterocycles. The number of esters is 4. The molecule has 0 aromatic rings. The maximum absolute atomic E-state index is 13.0. The number of hydrogen-bond acceptors (Lipinski definition) is 15. The molecule has 0 spiro atoms. The van der Waals surface area contributed by atoms with Gasteiger partial charge in [-0.15, -0.1) is 0 Å². The smallest absolute Gasteiger partial charge is 0.462 e. The van der Waals surface area contributed by atoms with Gasteiger partial charge in [-0.3, -0.25) is 37.3 Å². The Labute approximate surface area is 517 Å². The summed E-state index contributed by atoms with van der Waals surface area (Å²) in [6.07, 6.45) is 36.3. The van der Waals surface area contributed by atoms with Crippen molar-refractivity contribution in [2.24, 2.45) is 23.7 Å². The lowest BCUT2D eigenvalue weighted by molar-refractivity contribution is -0.161. The lowest BCUT2D eigenvalue weighted by Crippen LogP contribution is -2.30. The highest BCUT2D eigenvalue weighted by Gasteiger charge is 2.30. The lowest BCUT2D eigenvalue weighted by atomic mass is 9.99. The molecule has 19 heteroatoms. The largest absolute Gasteiger partial charge is 0.472 e. The third kappa shape index (κ3) is 59.5. The Morgan fingerprint density at radius 3 is 0.835 bits per heavy atom. The highest BCUT2D eigenvalue weighted by molar-refractivity contribution is 7.47. The highest BCUT2D eigenvalue weighted by atomic mass is 31.2. The predicted molar refractivity (Wildman–Crippen MR) is 340 cm³/mol. The van der Waals surface area contributed by atoms with Crippen LogP contribution in [0.15, 0.2) is 0 Å². The number of aliphatic hydroxyl groups is 1. The van der Waals surface area contributed by atoms with E-state index in [-0.39, 0.29) is 25.7 Å². The van der Waals surface area contributed by atoms with E-state index in [4.69, 9.17) is 37.0 Å². The van der Waals surface area contributed by atoms with Crippen molar-refractivity contribution < 1.29 is 80.2 Å². The number of rotatable bonds is 63. The van der Waals surface area contributed by atoms with Gasteiger partial charge in [-0.1, -0.05) is 267 Å². The molecule has 0 aromatic carbocycles. The number of phosphoric ester groups is 2. The second-order valence-corrected chi connectivity index (χ2v) is 28.4. The Bertz CT molecular complexity index is 1700. The van der Waals surface area contributed by atoms with Crippen molar-refractivity contribution in [3.8, 4) is 0 Å². The first-order chi connectivity index (χ1) is 40.6. The van der Waals surface area contributed by atoms with Gasteiger partial charge in [0.1, 0.15) is 19.3 Å². The van der Waals surface area contributed by atoms with E-state index in [1.165, 1.54) is 116 Å². The Kier molecular flexibility index (Phi) is 54.8. The summed E-state index contributed by atoms with van der Waals surface area (Å²) >= 11 is 0. The van der Waals surface area contributed by atoms with Crippen molar-refractivity contribution in [3.63, 3.8) is 0 Å². The Balaban J connectivity index is 5.27. The molecule has 0 aliphatic rings. The minimum atomic E-state index is -4.95. The third-order valence-electron chi connectivity index (χ3n) is 15.4. The zero-order valence-electron chi connectivity index (χ0n) is 55.2. The first-order valence-corrected chi connectivity index (χ1v) is 37.2. The molecule has 0 saturated heterocycles. The molecule has 0 amide bonds. The van der Waals surface area contributed by atoms with Gasteiger partial charge in [-0.2, -0.15) is 0 Å². The van der Waals surface area contributed by atoms with Gasteiger partial charge in [-0.25, -0.2) is 9.13 Å². The molecular formula is C66H128O17P2. The quantitative estimate of drug-likeness (QED) is 0.0222. The predicted octanol–water partition coefficient (Wildman–Crippen LogP) is 18.1. The van der Waals surface area contributed by atoms with E-state index in [2.05, 4.69) is 55.4 Å². The molecule has 0 fully saturated rings. The summed E-state index contributed by atoms with van der Waals surface area (Å²) in [4.78, 5) is 72.3. The first kappa shape index (κ1) is 83.1. The van der Waals surface area contributed by atoms with E-state index in [1.54, 1.807) is 0 Å². The molecule has 0 aliphatic carbocycles. The van der Waals surface area contributed by atoms with Crippen molar-refractivity contribution in [1.29, 1.82) is 0 Å². The number of ether oxygens (including phenoxy) is 4. The Morgan fingerprint density at radius 2 is 0.565 bits per heavy atom. The summed E-state index contributed by atoms with van der Waals surface area (Å²) in [5.74, 6) is 0.800. The maximum Gasteiger partial charge on any atom is 0.472 e. The van der Waals surface area contributed by atoms with Crippen molar-refractivity contribution in [2.75, 3.05) is 39.6 Å². The molecular weight excluding hydrogens is 1130 g/mol. The van der Waals surface area contributed by atoms with Gasteiger partial charge in [0.05, 0.1) is 26.4 Å². The third-order valence-corrected chi connectivity index (χ3v) is 17.3. The molecule has 504 valence electrons.